The van der Waals surface area contributed by atoms with E-state index in [1.807, 2.05) is 31.2 Å². The topological polar surface area (TPSA) is 27.1 Å². The number of fused-ring (bicyclic) bond motifs is 1. The first-order valence-electron chi connectivity index (χ1n) is 6.52. The zero-order valence-corrected chi connectivity index (χ0v) is 12.5. The van der Waals surface area contributed by atoms with E-state index in [4.69, 9.17) is 16.3 Å². The van der Waals surface area contributed by atoms with Crippen molar-refractivity contribution in [2.45, 2.75) is 12.8 Å². The molecule has 0 N–H and O–H groups in total. The third-order valence-electron chi connectivity index (χ3n) is 3.46. The van der Waals surface area contributed by atoms with Gasteiger partial charge in [0.2, 0.25) is 0 Å². The highest BCUT2D eigenvalue weighted by molar-refractivity contribution is 6.17. The minimum Gasteiger partial charge on any atom is -0.497 e. The molecule has 3 rings (SSSR count). The van der Waals surface area contributed by atoms with Gasteiger partial charge in [-0.2, -0.15) is 0 Å². The van der Waals surface area contributed by atoms with Crippen LogP contribution < -0.4 is 4.74 Å². The number of para-hydroxylation sites is 1. The molecule has 1 heterocycles. The van der Waals surface area contributed by atoms with Crippen LogP contribution in [0.1, 0.15) is 11.4 Å². The van der Waals surface area contributed by atoms with E-state index in [-0.39, 0.29) is 11.7 Å². The highest BCUT2D eigenvalue weighted by atomic mass is 35.5. The lowest BCUT2D eigenvalue weighted by Gasteiger charge is -2.12. The van der Waals surface area contributed by atoms with E-state index in [9.17, 15) is 4.39 Å². The van der Waals surface area contributed by atoms with Crippen LogP contribution in [0.4, 0.5) is 4.39 Å². The molecular formula is C16H14ClFN2O. The summed E-state index contributed by atoms with van der Waals surface area (Å²) in [6.45, 7) is 1.86. The van der Waals surface area contributed by atoms with E-state index in [1.54, 1.807) is 17.7 Å². The van der Waals surface area contributed by atoms with Crippen molar-refractivity contribution in [1.82, 2.24) is 9.55 Å². The van der Waals surface area contributed by atoms with Crippen molar-refractivity contribution in [1.29, 1.82) is 0 Å². The quantitative estimate of drug-likeness (QED) is 0.677. The summed E-state index contributed by atoms with van der Waals surface area (Å²) in [4.78, 5) is 4.47. The van der Waals surface area contributed by atoms with Gasteiger partial charge >= 0.3 is 0 Å². The molecule has 0 unspecified atom stereocenters. The molecule has 5 heteroatoms. The van der Waals surface area contributed by atoms with Crippen LogP contribution >= 0.6 is 11.6 Å². The van der Waals surface area contributed by atoms with Crippen LogP contribution in [0.2, 0.25) is 0 Å². The van der Waals surface area contributed by atoms with Gasteiger partial charge in [0.25, 0.3) is 0 Å². The third kappa shape index (κ3) is 2.25. The molecule has 0 bridgehead atoms. The normalized spacial score (nSPS) is 11.0. The molecule has 0 saturated heterocycles. The molecule has 1 aromatic heterocycles. The third-order valence-corrected chi connectivity index (χ3v) is 3.70. The van der Waals surface area contributed by atoms with E-state index >= 15 is 0 Å². The first-order valence-corrected chi connectivity index (χ1v) is 7.06. The number of ether oxygens (including phenoxy) is 1. The van der Waals surface area contributed by atoms with E-state index < -0.39 is 0 Å². The van der Waals surface area contributed by atoms with Gasteiger partial charge in [-0.25, -0.2) is 9.37 Å². The van der Waals surface area contributed by atoms with Crippen molar-refractivity contribution in [3.8, 4) is 11.4 Å². The smallest absolute Gasteiger partial charge is 0.147 e. The lowest BCUT2D eigenvalue weighted by atomic mass is 10.2. The van der Waals surface area contributed by atoms with E-state index in [0.717, 1.165) is 16.6 Å². The number of halogens is 2. The van der Waals surface area contributed by atoms with E-state index in [1.165, 1.54) is 6.07 Å². The van der Waals surface area contributed by atoms with Gasteiger partial charge in [-0.15, -0.1) is 11.6 Å². The van der Waals surface area contributed by atoms with Gasteiger partial charge in [0.15, 0.2) is 0 Å². The average molecular weight is 305 g/mol. The SMILES string of the molecule is COc1ccc2nc(CCl)n(-c3c(C)cccc3F)c2c1. The zero-order valence-electron chi connectivity index (χ0n) is 11.7. The number of aryl methyl sites for hydroxylation is 1. The van der Waals surface area contributed by atoms with Crippen LogP contribution in [0.15, 0.2) is 36.4 Å². The second-order valence-electron chi connectivity index (χ2n) is 4.76. The highest BCUT2D eigenvalue weighted by Gasteiger charge is 2.17. The minimum atomic E-state index is -0.302. The predicted octanol–water partition coefficient (Wildman–Crippen LogP) is 4.22. The molecule has 0 amide bonds. The monoisotopic (exact) mass is 304 g/mol. The maximum Gasteiger partial charge on any atom is 0.147 e. The number of alkyl halides is 1. The molecule has 0 fully saturated rings. The number of imidazole rings is 1. The summed E-state index contributed by atoms with van der Waals surface area (Å²) in [5, 5.41) is 0. The summed E-state index contributed by atoms with van der Waals surface area (Å²) in [7, 11) is 1.60. The molecular weight excluding hydrogens is 291 g/mol. The standard InChI is InChI=1S/C16H14ClFN2O/c1-10-4-3-5-12(18)16(10)20-14-8-11(21-2)6-7-13(14)19-15(20)9-17/h3-8H,9H2,1-2H3. The molecule has 21 heavy (non-hydrogen) atoms. The molecule has 3 nitrogen and oxygen atoms in total. The van der Waals surface area contributed by atoms with Crippen molar-refractivity contribution >= 4 is 22.6 Å². The largest absolute Gasteiger partial charge is 0.497 e. The van der Waals surface area contributed by atoms with Crippen molar-refractivity contribution in [2.24, 2.45) is 0 Å². The van der Waals surface area contributed by atoms with Crippen LogP contribution in [-0.2, 0) is 5.88 Å². The molecule has 0 atom stereocenters. The summed E-state index contributed by atoms with van der Waals surface area (Å²) in [6, 6.07) is 10.5. The number of aromatic nitrogens is 2. The van der Waals surface area contributed by atoms with Gasteiger partial charge < -0.3 is 4.74 Å². The number of rotatable bonds is 3. The van der Waals surface area contributed by atoms with Crippen LogP contribution in [-0.4, -0.2) is 16.7 Å². The lowest BCUT2D eigenvalue weighted by molar-refractivity contribution is 0.415. The van der Waals surface area contributed by atoms with Gasteiger partial charge in [-0.1, -0.05) is 12.1 Å². The maximum atomic E-state index is 14.3. The Hall–Kier alpha value is -2.07. The molecule has 0 radical (unpaired) electrons. The fourth-order valence-corrected chi connectivity index (χ4v) is 2.66. The minimum absolute atomic E-state index is 0.199. The summed E-state index contributed by atoms with van der Waals surface area (Å²) in [5.74, 6) is 1.19. The van der Waals surface area contributed by atoms with Crippen molar-refractivity contribution < 1.29 is 9.13 Å². The van der Waals surface area contributed by atoms with Gasteiger partial charge in [0.1, 0.15) is 17.4 Å². The van der Waals surface area contributed by atoms with E-state index in [2.05, 4.69) is 4.98 Å². The van der Waals surface area contributed by atoms with Crippen molar-refractivity contribution in [2.75, 3.05) is 7.11 Å². The number of nitrogens with zero attached hydrogens (tertiary/aromatic N) is 2. The van der Waals surface area contributed by atoms with Gasteiger partial charge in [0.05, 0.1) is 29.7 Å². The summed E-state index contributed by atoms with van der Waals surface area (Å²) in [5.41, 5.74) is 2.83. The molecule has 2 aromatic carbocycles. The van der Waals surface area contributed by atoms with Crippen molar-refractivity contribution in [3.05, 3.63) is 53.6 Å². The Morgan fingerprint density at radius 2 is 2.10 bits per heavy atom. The number of hydrogen-bond acceptors (Lipinski definition) is 2. The average Bonchev–Trinajstić information content (AvgIpc) is 2.85. The van der Waals surface area contributed by atoms with Crippen LogP contribution in [0.5, 0.6) is 5.75 Å². The summed E-state index contributed by atoms with van der Waals surface area (Å²) >= 11 is 5.99. The Bertz CT molecular complexity index is 793. The van der Waals surface area contributed by atoms with E-state index in [0.29, 0.717) is 17.3 Å². The molecule has 3 aromatic rings. The zero-order chi connectivity index (χ0) is 15.0. The van der Waals surface area contributed by atoms with Crippen LogP contribution in [0.3, 0.4) is 0 Å². The Balaban J connectivity index is 2.39. The second-order valence-corrected chi connectivity index (χ2v) is 5.02. The fourth-order valence-electron chi connectivity index (χ4n) is 2.48. The lowest BCUT2D eigenvalue weighted by Crippen LogP contribution is -2.04. The van der Waals surface area contributed by atoms with Crippen LogP contribution in [0, 0.1) is 12.7 Å². The molecule has 0 saturated carbocycles. The molecule has 0 aliphatic heterocycles. The Kier molecular flexibility index (Phi) is 3.55. The maximum absolute atomic E-state index is 14.3. The summed E-state index contributed by atoms with van der Waals surface area (Å²) < 4.78 is 21.3. The molecule has 108 valence electrons. The van der Waals surface area contributed by atoms with Crippen molar-refractivity contribution in [3.63, 3.8) is 0 Å². The fraction of sp³-hybridized carbons (Fsp3) is 0.188. The second kappa shape index (κ2) is 5.37. The van der Waals surface area contributed by atoms with Gasteiger partial charge in [-0.05, 0) is 30.7 Å². The molecule has 0 aliphatic carbocycles. The molecule has 0 spiro atoms. The highest BCUT2D eigenvalue weighted by Crippen LogP contribution is 2.29. The first-order chi connectivity index (χ1) is 10.2. The van der Waals surface area contributed by atoms with Gasteiger partial charge in [-0.3, -0.25) is 4.57 Å². The Morgan fingerprint density at radius 3 is 2.76 bits per heavy atom. The number of benzene rings is 2. The number of methoxy groups -OCH3 is 1. The van der Waals surface area contributed by atoms with Crippen LogP contribution in [0.25, 0.3) is 16.7 Å². The van der Waals surface area contributed by atoms with Gasteiger partial charge in [0, 0.05) is 6.07 Å². The number of hydrogen-bond donors (Lipinski definition) is 0. The Morgan fingerprint density at radius 1 is 1.29 bits per heavy atom. The summed E-state index contributed by atoms with van der Waals surface area (Å²) in [6.07, 6.45) is 0. The Labute approximate surface area is 126 Å². The predicted molar refractivity (Wildman–Crippen MR) is 81.9 cm³/mol. The first kappa shape index (κ1) is 13.9. The molecule has 0 aliphatic rings.